The van der Waals surface area contributed by atoms with Crippen LogP contribution in [0, 0.1) is 0 Å². The fourth-order valence-electron chi connectivity index (χ4n) is 8.45. The fourth-order valence-corrected chi connectivity index (χ4v) is 9.63. The van der Waals surface area contributed by atoms with Crippen molar-refractivity contribution in [2.45, 2.75) is 0 Å². The highest BCUT2D eigenvalue weighted by molar-refractivity contribution is 7.26. The summed E-state index contributed by atoms with van der Waals surface area (Å²) in [5, 5.41) is 10.3. The molecule has 256 valence electrons. The van der Waals surface area contributed by atoms with Crippen LogP contribution in [0.2, 0.25) is 0 Å². The van der Waals surface area contributed by atoms with E-state index in [1.165, 1.54) is 103 Å². The SMILES string of the molecule is c1cc(-c2cccc(-c3cccc(-c4cccc5c4sc4ncccc45)c3)c2)cc(-c2cccc(-c3ccc4c5ccccc5c5ccccc5c4c3)c2)c1. The lowest BCUT2D eigenvalue weighted by molar-refractivity contribution is 1.45. The molecule has 0 unspecified atom stereocenters. The summed E-state index contributed by atoms with van der Waals surface area (Å²) in [5.74, 6) is 0. The lowest BCUT2D eigenvalue weighted by atomic mass is 9.91. The van der Waals surface area contributed by atoms with E-state index in [0.29, 0.717) is 0 Å². The molecule has 1 nitrogen and oxygen atoms in total. The molecule has 0 aliphatic rings. The second-order valence-corrected chi connectivity index (χ2v) is 15.3. The van der Waals surface area contributed by atoms with E-state index in [1.54, 1.807) is 11.3 Å². The number of fused-ring (bicyclic) bond motifs is 9. The first-order valence-electron chi connectivity index (χ1n) is 18.8. The molecular weight excluding hydrogens is 683 g/mol. The maximum absolute atomic E-state index is 4.65. The fraction of sp³-hybridized carbons (Fsp3) is 0. The normalized spacial score (nSPS) is 11.6. The lowest BCUT2D eigenvalue weighted by Gasteiger charge is -2.13. The van der Waals surface area contributed by atoms with E-state index >= 15 is 0 Å². The first kappa shape index (κ1) is 31.6. The minimum atomic E-state index is 1.08. The zero-order valence-corrected chi connectivity index (χ0v) is 30.7. The van der Waals surface area contributed by atoms with Crippen molar-refractivity contribution >= 4 is 64.0 Å². The summed E-state index contributed by atoms with van der Waals surface area (Å²) in [6.45, 7) is 0. The molecule has 0 saturated heterocycles. The van der Waals surface area contributed by atoms with Crippen molar-refractivity contribution in [3.05, 3.63) is 200 Å². The summed E-state index contributed by atoms with van der Waals surface area (Å²) in [4.78, 5) is 5.73. The lowest BCUT2D eigenvalue weighted by Crippen LogP contribution is -1.86. The zero-order valence-electron chi connectivity index (χ0n) is 29.9. The van der Waals surface area contributed by atoms with Gasteiger partial charge in [-0.05, 0) is 130 Å². The van der Waals surface area contributed by atoms with Crippen LogP contribution in [0.4, 0.5) is 0 Å². The molecule has 0 saturated carbocycles. The third kappa shape index (κ3) is 5.42. The molecule has 11 aromatic rings. The van der Waals surface area contributed by atoms with Crippen LogP contribution in [-0.2, 0) is 0 Å². The Balaban J connectivity index is 0.936. The molecule has 11 rings (SSSR count). The Morgan fingerprint density at radius 2 is 0.673 bits per heavy atom. The maximum atomic E-state index is 4.65. The summed E-state index contributed by atoms with van der Waals surface area (Å²) in [5.41, 5.74) is 12.1. The van der Waals surface area contributed by atoms with Crippen LogP contribution < -0.4 is 0 Å². The van der Waals surface area contributed by atoms with Gasteiger partial charge in [0.15, 0.2) is 0 Å². The number of thiophene rings is 1. The standard InChI is InChI=1S/C53H33NS/c1-2-21-46-44(19-1)45-20-3-4-22-47(45)51-33-41(26-27-48(46)51)39-16-7-14-37(31-39)35-12-5-11-34(29-35)36-13-6-15-38(30-36)40-17-8-18-42(32-40)43-23-9-24-49-50-25-10-28-54-53(50)55-52(43)49/h1-33H. The Hall–Kier alpha value is -6.87. The van der Waals surface area contributed by atoms with E-state index in [2.05, 4.69) is 193 Å². The third-order valence-electron chi connectivity index (χ3n) is 11.1. The second-order valence-electron chi connectivity index (χ2n) is 14.3. The molecule has 2 heteroatoms. The monoisotopic (exact) mass is 715 g/mol. The molecule has 2 heterocycles. The third-order valence-corrected chi connectivity index (χ3v) is 12.3. The molecule has 0 spiro atoms. The molecule has 0 N–H and O–H groups in total. The highest BCUT2D eigenvalue weighted by Gasteiger charge is 2.13. The van der Waals surface area contributed by atoms with Crippen LogP contribution in [-0.4, -0.2) is 4.98 Å². The number of nitrogens with zero attached hydrogens (tertiary/aromatic N) is 1. The number of pyridine rings is 1. The van der Waals surface area contributed by atoms with E-state index in [4.69, 9.17) is 0 Å². The van der Waals surface area contributed by atoms with Crippen molar-refractivity contribution in [3.8, 4) is 55.6 Å². The number of aromatic nitrogens is 1. The molecule has 2 aromatic heterocycles. The van der Waals surface area contributed by atoms with Gasteiger partial charge in [-0.1, -0.05) is 152 Å². The van der Waals surface area contributed by atoms with Crippen LogP contribution in [0.25, 0.3) is 108 Å². The van der Waals surface area contributed by atoms with Gasteiger partial charge in [0.1, 0.15) is 4.83 Å². The van der Waals surface area contributed by atoms with Gasteiger partial charge in [-0.3, -0.25) is 0 Å². The summed E-state index contributed by atoms with van der Waals surface area (Å²) in [6.07, 6.45) is 1.88. The van der Waals surface area contributed by atoms with Crippen molar-refractivity contribution in [2.24, 2.45) is 0 Å². The van der Waals surface area contributed by atoms with E-state index < -0.39 is 0 Å². The predicted octanol–water partition coefficient (Wildman–Crippen LogP) is 15.2. The molecule has 0 fully saturated rings. The van der Waals surface area contributed by atoms with Gasteiger partial charge in [-0.2, -0.15) is 0 Å². The van der Waals surface area contributed by atoms with Crippen molar-refractivity contribution in [1.29, 1.82) is 0 Å². The number of rotatable bonds is 5. The van der Waals surface area contributed by atoms with Gasteiger partial charge >= 0.3 is 0 Å². The van der Waals surface area contributed by atoms with Gasteiger partial charge in [0.2, 0.25) is 0 Å². The topological polar surface area (TPSA) is 12.9 Å². The summed E-state index contributed by atoms with van der Waals surface area (Å²) < 4.78 is 1.28. The molecular formula is C53H33NS. The molecule has 9 aromatic carbocycles. The molecule has 0 amide bonds. The van der Waals surface area contributed by atoms with Crippen LogP contribution in [0.15, 0.2) is 200 Å². The summed E-state index contributed by atoms with van der Waals surface area (Å²) in [6, 6.07) is 71.1. The van der Waals surface area contributed by atoms with E-state index in [0.717, 1.165) is 4.83 Å². The smallest absolute Gasteiger partial charge is 0.124 e. The number of hydrogen-bond donors (Lipinski definition) is 0. The Bertz CT molecular complexity index is 3240. The molecule has 0 aliphatic carbocycles. The molecule has 0 atom stereocenters. The Labute approximate surface area is 323 Å². The Morgan fingerprint density at radius 3 is 1.22 bits per heavy atom. The van der Waals surface area contributed by atoms with E-state index in [-0.39, 0.29) is 0 Å². The number of hydrogen-bond acceptors (Lipinski definition) is 2. The van der Waals surface area contributed by atoms with Gasteiger partial charge in [-0.25, -0.2) is 4.98 Å². The van der Waals surface area contributed by atoms with Crippen molar-refractivity contribution in [3.63, 3.8) is 0 Å². The minimum absolute atomic E-state index is 1.08. The minimum Gasteiger partial charge on any atom is -0.245 e. The van der Waals surface area contributed by atoms with Crippen molar-refractivity contribution in [1.82, 2.24) is 4.98 Å². The van der Waals surface area contributed by atoms with Gasteiger partial charge in [0, 0.05) is 21.7 Å². The number of benzene rings is 9. The summed E-state index contributed by atoms with van der Waals surface area (Å²) in [7, 11) is 0. The molecule has 0 bridgehead atoms. The second kappa shape index (κ2) is 12.9. The van der Waals surface area contributed by atoms with E-state index in [9.17, 15) is 0 Å². The zero-order chi connectivity index (χ0) is 36.3. The average Bonchev–Trinajstić information content (AvgIpc) is 3.66. The predicted molar refractivity (Wildman–Crippen MR) is 237 cm³/mol. The molecule has 0 radical (unpaired) electrons. The Morgan fingerprint density at radius 1 is 0.273 bits per heavy atom. The first-order chi connectivity index (χ1) is 27.2. The van der Waals surface area contributed by atoms with Crippen LogP contribution in [0.3, 0.4) is 0 Å². The largest absolute Gasteiger partial charge is 0.245 e. The van der Waals surface area contributed by atoms with Crippen molar-refractivity contribution in [2.75, 3.05) is 0 Å². The van der Waals surface area contributed by atoms with Crippen molar-refractivity contribution < 1.29 is 0 Å². The van der Waals surface area contributed by atoms with Gasteiger partial charge in [-0.15, -0.1) is 11.3 Å². The van der Waals surface area contributed by atoms with Gasteiger partial charge < -0.3 is 0 Å². The summed E-state index contributed by atoms with van der Waals surface area (Å²) >= 11 is 1.77. The van der Waals surface area contributed by atoms with Crippen LogP contribution in [0.1, 0.15) is 0 Å². The van der Waals surface area contributed by atoms with Crippen LogP contribution in [0.5, 0.6) is 0 Å². The van der Waals surface area contributed by atoms with Gasteiger partial charge in [0.05, 0.1) is 0 Å². The molecule has 55 heavy (non-hydrogen) atoms. The van der Waals surface area contributed by atoms with Crippen LogP contribution >= 0.6 is 11.3 Å². The molecule has 0 aliphatic heterocycles. The average molecular weight is 716 g/mol. The van der Waals surface area contributed by atoms with Gasteiger partial charge in [0.25, 0.3) is 0 Å². The first-order valence-corrected chi connectivity index (χ1v) is 19.6. The highest BCUT2D eigenvalue weighted by Crippen LogP contribution is 2.41. The highest BCUT2D eigenvalue weighted by atomic mass is 32.1. The Kier molecular flexibility index (Phi) is 7.43. The van der Waals surface area contributed by atoms with E-state index in [1.807, 2.05) is 12.3 Å². The maximum Gasteiger partial charge on any atom is 0.124 e. The quantitative estimate of drug-likeness (QED) is 0.162.